The smallest absolute Gasteiger partial charge is 0.340 e. The third-order valence-electron chi connectivity index (χ3n) is 4.81. The maximum Gasteiger partial charge on any atom is 0.340 e. The third-order valence-corrected chi connectivity index (χ3v) is 6.68. The second-order valence-electron chi connectivity index (χ2n) is 6.94. The Labute approximate surface area is 199 Å². The Kier molecular flexibility index (Phi) is 6.05. The summed E-state index contributed by atoms with van der Waals surface area (Å²) in [5, 5.41) is 10.3. The van der Waals surface area contributed by atoms with E-state index < -0.39 is 78.1 Å². The van der Waals surface area contributed by atoms with Gasteiger partial charge in [-0.2, -0.15) is 17.2 Å². The normalized spacial score (nSPS) is 11.7. The van der Waals surface area contributed by atoms with E-state index in [-0.39, 0.29) is 15.4 Å². The highest BCUT2D eigenvalue weighted by Gasteiger charge is 2.33. The minimum atomic E-state index is -5.40. The molecule has 0 fully saturated rings. The van der Waals surface area contributed by atoms with Crippen LogP contribution in [0.2, 0.25) is 0 Å². The van der Waals surface area contributed by atoms with E-state index in [0.29, 0.717) is 0 Å². The fraction of sp³-hybridized carbons (Fsp3) is 0. The van der Waals surface area contributed by atoms with Crippen molar-refractivity contribution in [3.8, 4) is 22.6 Å². The van der Waals surface area contributed by atoms with Crippen LogP contribution in [0.15, 0.2) is 50.6 Å². The number of benzene rings is 3. The second kappa shape index (κ2) is 8.61. The summed E-state index contributed by atoms with van der Waals surface area (Å²) in [6.07, 6.45) is 0. The molecule has 2 N–H and O–H groups in total. The Balaban J connectivity index is 2.04. The number of halogens is 7. The highest BCUT2D eigenvalue weighted by molar-refractivity contribution is 9.10. The van der Waals surface area contributed by atoms with Crippen molar-refractivity contribution in [2.75, 3.05) is 0 Å². The van der Waals surface area contributed by atoms with Gasteiger partial charge in [0.25, 0.3) is 0 Å². The summed E-state index contributed by atoms with van der Waals surface area (Å²) in [6.45, 7) is 0. The molecule has 0 aliphatic heterocycles. The average molecular weight is 580 g/mol. The lowest BCUT2D eigenvalue weighted by atomic mass is 9.99. The first-order chi connectivity index (χ1) is 16.3. The predicted octanol–water partition coefficient (Wildman–Crippen LogP) is 5.27. The fourth-order valence-electron chi connectivity index (χ4n) is 3.25. The molecule has 3 aromatic carbocycles. The molecule has 1 heterocycles. The van der Waals surface area contributed by atoms with Gasteiger partial charge in [-0.15, -0.1) is 0 Å². The Morgan fingerprint density at radius 2 is 1.46 bits per heavy atom. The van der Waals surface area contributed by atoms with Gasteiger partial charge < -0.3 is 14.3 Å². The summed E-state index contributed by atoms with van der Waals surface area (Å²) < 4.78 is 113. The maximum atomic E-state index is 14.3. The van der Waals surface area contributed by atoms with E-state index in [1.54, 1.807) is 0 Å². The zero-order valence-electron chi connectivity index (χ0n) is 16.6. The van der Waals surface area contributed by atoms with Crippen molar-refractivity contribution in [1.82, 2.24) is 4.98 Å². The summed E-state index contributed by atoms with van der Waals surface area (Å²) in [6, 6.07) is 5.50. The van der Waals surface area contributed by atoms with Crippen LogP contribution in [0.4, 0.5) is 26.3 Å². The van der Waals surface area contributed by atoms with Crippen molar-refractivity contribution in [2.45, 2.75) is 4.90 Å². The number of H-pyrrole nitrogens is 1. The predicted molar refractivity (Wildman–Crippen MR) is 113 cm³/mol. The van der Waals surface area contributed by atoms with Crippen molar-refractivity contribution in [3.05, 3.63) is 86.1 Å². The Bertz CT molecular complexity index is 1680. The van der Waals surface area contributed by atoms with Crippen molar-refractivity contribution >= 4 is 37.0 Å². The molecular formula is C21H8BrF6NO5S. The van der Waals surface area contributed by atoms with Gasteiger partial charge in [-0.05, 0) is 46.3 Å². The molecule has 0 saturated carbocycles. The van der Waals surface area contributed by atoms with Gasteiger partial charge in [0.15, 0.2) is 0 Å². The van der Waals surface area contributed by atoms with Gasteiger partial charge in [0.05, 0.1) is 4.47 Å². The number of aromatic amines is 1. The number of phenolic OH excluding ortho intramolecular Hbond substituents is 1. The van der Waals surface area contributed by atoms with E-state index in [0.717, 1.165) is 36.4 Å². The molecule has 6 nitrogen and oxygen atoms in total. The van der Waals surface area contributed by atoms with Crippen molar-refractivity contribution < 1.29 is 44.0 Å². The molecule has 0 spiro atoms. The largest absolute Gasteiger partial charge is 0.507 e. The van der Waals surface area contributed by atoms with Crippen molar-refractivity contribution in [1.29, 1.82) is 0 Å². The molecule has 182 valence electrons. The molecule has 0 aliphatic carbocycles. The maximum absolute atomic E-state index is 14.3. The minimum Gasteiger partial charge on any atom is -0.507 e. The monoisotopic (exact) mass is 579 g/mol. The van der Waals surface area contributed by atoms with Crippen molar-refractivity contribution in [3.63, 3.8) is 0 Å². The number of aromatic hydroxyl groups is 1. The van der Waals surface area contributed by atoms with E-state index in [1.807, 2.05) is 0 Å². The number of aromatic nitrogens is 1. The first-order valence-electron chi connectivity index (χ1n) is 9.13. The molecule has 0 aliphatic rings. The first-order valence-corrected chi connectivity index (χ1v) is 11.3. The SMILES string of the molecule is O=c1ccc2c(-c3cc(F)c(Br)cc3O)c(S(=O)(=O)Oc3c(F)c(F)c(F)c(F)c3F)ccc2[nH]1. The molecule has 14 heteroatoms. The average Bonchev–Trinajstić information content (AvgIpc) is 2.80. The molecule has 35 heavy (non-hydrogen) atoms. The van der Waals surface area contributed by atoms with E-state index in [1.165, 1.54) is 0 Å². The standard InChI is InChI=1S/C21H8BrF6NO5S/c22-9-6-12(30)8(5-10(9)23)15-7-1-4-14(31)29-11(7)2-3-13(15)35(32,33)34-21-19(27)17(25)16(24)18(26)20(21)28/h1-6,30H,(H,29,31). The quantitative estimate of drug-likeness (QED) is 0.149. The van der Waals surface area contributed by atoms with Gasteiger partial charge in [-0.1, -0.05) is 0 Å². The van der Waals surface area contributed by atoms with Gasteiger partial charge >= 0.3 is 10.1 Å². The lowest BCUT2D eigenvalue weighted by Gasteiger charge is -2.16. The Morgan fingerprint density at radius 3 is 2.09 bits per heavy atom. The van der Waals surface area contributed by atoms with Crippen LogP contribution in [-0.4, -0.2) is 18.5 Å². The van der Waals surface area contributed by atoms with E-state index in [2.05, 4.69) is 25.1 Å². The fourth-order valence-corrected chi connectivity index (χ4v) is 4.74. The number of phenols is 1. The number of fused-ring (bicyclic) bond motifs is 1. The zero-order valence-corrected chi connectivity index (χ0v) is 19.0. The van der Waals surface area contributed by atoms with Crippen LogP contribution in [0.1, 0.15) is 0 Å². The number of hydrogen-bond donors (Lipinski definition) is 2. The third kappa shape index (κ3) is 4.12. The molecular weight excluding hydrogens is 572 g/mol. The van der Waals surface area contributed by atoms with Crippen LogP contribution in [0, 0.1) is 34.9 Å². The van der Waals surface area contributed by atoms with E-state index in [4.69, 9.17) is 0 Å². The summed E-state index contributed by atoms with van der Waals surface area (Å²) in [5.74, 6) is -16.2. The summed E-state index contributed by atoms with van der Waals surface area (Å²) in [4.78, 5) is 13.1. The van der Waals surface area contributed by atoms with Crippen LogP contribution >= 0.6 is 15.9 Å². The molecule has 0 unspecified atom stereocenters. The summed E-state index contributed by atoms with van der Waals surface area (Å²) in [7, 11) is -5.40. The first kappa shape index (κ1) is 24.6. The minimum absolute atomic E-state index is 0.00501. The molecule has 4 aromatic rings. The number of rotatable bonds is 4. The van der Waals surface area contributed by atoms with Gasteiger partial charge in [-0.3, -0.25) is 4.79 Å². The highest BCUT2D eigenvalue weighted by Crippen LogP contribution is 2.42. The van der Waals surface area contributed by atoms with E-state index in [9.17, 15) is 44.7 Å². The van der Waals surface area contributed by atoms with Crippen LogP contribution in [0.5, 0.6) is 11.5 Å². The van der Waals surface area contributed by atoms with Gasteiger partial charge in [0, 0.05) is 28.1 Å². The van der Waals surface area contributed by atoms with Gasteiger partial charge in [0.1, 0.15) is 16.5 Å². The summed E-state index contributed by atoms with van der Waals surface area (Å²) >= 11 is 2.84. The molecule has 1 aromatic heterocycles. The molecule has 0 atom stereocenters. The van der Waals surface area contributed by atoms with Crippen LogP contribution in [0.25, 0.3) is 22.0 Å². The summed E-state index contributed by atoms with van der Waals surface area (Å²) in [5.41, 5.74) is -1.55. The van der Waals surface area contributed by atoms with Crippen LogP contribution < -0.4 is 9.74 Å². The Hall–Kier alpha value is -3.52. The number of pyridine rings is 1. The molecule has 0 amide bonds. The lowest BCUT2D eigenvalue weighted by molar-refractivity contribution is 0.347. The van der Waals surface area contributed by atoms with E-state index >= 15 is 0 Å². The number of nitrogens with one attached hydrogen (secondary N) is 1. The van der Waals surface area contributed by atoms with Crippen molar-refractivity contribution in [2.24, 2.45) is 0 Å². The van der Waals surface area contributed by atoms with Gasteiger partial charge in [0.2, 0.25) is 40.4 Å². The highest BCUT2D eigenvalue weighted by atomic mass is 79.9. The topological polar surface area (TPSA) is 96.5 Å². The lowest BCUT2D eigenvalue weighted by Crippen LogP contribution is -2.16. The van der Waals surface area contributed by atoms with Crippen LogP contribution in [-0.2, 0) is 10.1 Å². The molecule has 0 radical (unpaired) electrons. The molecule has 4 rings (SSSR count). The second-order valence-corrected chi connectivity index (χ2v) is 9.31. The number of hydrogen-bond acceptors (Lipinski definition) is 5. The Morgan fingerprint density at radius 1 is 0.857 bits per heavy atom. The molecule has 0 saturated heterocycles. The van der Waals surface area contributed by atoms with Crippen LogP contribution in [0.3, 0.4) is 0 Å². The zero-order chi connectivity index (χ0) is 25.8. The van der Waals surface area contributed by atoms with Gasteiger partial charge in [-0.25, -0.2) is 17.6 Å². The molecule has 0 bridgehead atoms.